The Hall–Kier alpha value is -4.86. The SMILES string of the molecule is CCOc1ccc2ccccc2c1C(=O)NCCOc1ccc2nnc(-c3cc(OC)ccc3OC)n2n1. The molecule has 3 aromatic carbocycles. The van der Waals surface area contributed by atoms with Gasteiger partial charge in [0.2, 0.25) is 5.88 Å². The predicted octanol–water partition coefficient (Wildman–Crippen LogP) is 4.17. The molecule has 0 aliphatic rings. The second kappa shape index (κ2) is 11.0. The Morgan fingerprint density at radius 3 is 2.58 bits per heavy atom. The van der Waals surface area contributed by atoms with E-state index >= 15 is 0 Å². The van der Waals surface area contributed by atoms with Gasteiger partial charge in [0.05, 0.1) is 38.5 Å². The van der Waals surface area contributed by atoms with Crippen molar-refractivity contribution in [3.63, 3.8) is 0 Å². The van der Waals surface area contributed by atoms with Gasteiger partial charge in [-0.2, -0.15) is 4.52 Å². The maximum atomic E-state index is 13.1. The number of hydrogen-bond acceptors (Lipinski definition) is 8. The fraction of sp³-hybridized carbons (Fsp3) is 0.214. The molecule has 0 fully saturated rings. The van der Waals surface area contributed by atoms with E-state index in [4.69, 9.17) is 18.9 Å². The van der Waals surface area contributed by atoms with Gasteiger partial charge in [0, 0.05) is 6.07 Å². The van der Waals surface area contributed by atoms with Crippen LogP contribution in [-0.2, 0) is 0 Å². The number of rotatable bonds is 10. The molecule has 0 bridgehead atoms. The summed E-state index contributed by atoms with van der Waals surface area (Å²) in [4.78, 5) is 13.1. The lowest BCUT2D eigenvalue weighted by molar-refractivity contribution is 0.0944. The van der Waals surface area contributed by atoms with Gasteiger partial charge in [-0.3, -0.25) is 4.79 Å². The third-order valence-electron chi connectivity index (χ3n) is 5.94. The Morgan fingerprint density at radius 2 is 1.76 bits per heavy atom. The molecule has 5 aromatic rings. The number of amides is 1. The molecule has 2 heterocycles. The van der Waals surface area contributed by atoms with Crippen molar-refractivity contribution in [2.24, 2.45) is 0 Å². The largest absolute Gasteiger partial charge is 0.497 e. The fourth-order valence-corrected chi connectivity index (χ4v) is 4.18. The number of nitrogens with one attached hydrogen (secondary N) is 1. The molecule has 0 aliphatic carbocycles. The van der Waals surface area contributed by atoms with Gasteiger partial charge >= 0.3 is 0 Å². The van der Waals surface area contributed by atoms with Crippen LogP contribution in [0.4, 0.5) is 0 Å². The number of nitrogens with zero attached hydrogens (tertiary/aromatic N) is 4. The maximum Gasteiger partial charge on any atom is 0.255 e. The molecule has 0 aliphatic heterocycles. The minimum Gasteiger partial charge on any atom is -0.497 e. The average molecular weight is 514 g/mol. The Kier molecular flexibility index (Phi) is 7.21. The van der Waals surface area contributed by atoms with Crippen LogP contribution in [0.1, 0.15) is 17.3 Å². The van der Waals surface area contributed by atoms with Crippen molar-refractivity contribution in [3.8, 4) is 34.5 Å². The lowest BCUT2D eigenvalue weighted by Crippen LogP contribution is -2.29. The van der Waals surface area contributed by atoms with Crippen LogP contribution in [0.3, 0.4) is 0 Å². The van der Waals surface area contributed by atoms with Crippen LogP contribution in [-0.4, -0.2) is 59.7 Å². The van der Waals surface area contributed by atoms with Gasteiger partial charge in [0.15, 0.2) is 11.5 Å². The minimum absolute atomic E-state index is 0.207. The van der Waals surface area contributed by atoms with E-state index in [1.54, 1.807) is 43.0 Å². The van der Waals surface area contributed by atoms with Gasteiger partial charge in [-0.15, -0.1) is 15.3 Å². The first kappa shape index (κ1) is 24.8. The van der Waals surface area contributed by atoms with E-state index in [2.05, 4.69) is 20.6 Å². The van der Waals surface area contributed by atoms with E-state index in [1.807, 2.05) is 49.4 Å². The highest BCUT2D eigenvalue weighted by atomic mass is 16.5. The summed E-state index contributed by atoms with van der Waals surface area (Å²) in [7, 11) is 3.18. The molecule has 0 unspecified atom stereocenters. The molecule has 1 N–H and O–H groups in total. The Morgan fingerprint density at radius 1 is 0.921 bits per heavy atom. The maximum absolute atomic E-state index is 13.1. The topological polar surface area (TPSA) is 109 Å². The number of benzene rings is 3. The van der Waals surface area contributed by atoms with Gasteiger partial charge in [-0.25, -0.2) is 0 Å². The van der Waals surface area contributed by atoms with E-state index in [1.165, 1.54) is 0 Å². The highest BCUT2D eigenvalue weighted by molar-refractivity contribution is 6.09. The fourth-order valence-electron chi connectivity index (χ4n) is 4.18. The second-order valence-electron chi connectivity index (χ2n) is 8.23. The van der Waals surface area contributed by atoms with Crippen molar-refractivity contribution >= 4 is 22.3 Å². The summed E-state index contributed by atoms with van der Waals surface area (Å²) in [5.41, 5.74) is 1.73. The molecule has 10 heteroatoms. The molecule has 0 spiro atoms. The van der Waals surface area contributed by atoms with E-state index in [-0.39, 0.29) is 19.1 Å². The lowest BCUT2D eigenvalue weighted by Gasteiger charge is -2.14. The van der Waals surface area contributed by atoms with Crippen LogP contribution >= 0.6 is 0 Å². The summed E-state index contributed by atoms with van der Waals surface area (Å²) >= 11 is 0. The summed E-state index contributed by atoms with van der Waals surface area (Å²) in [5, 5.41) is 17.7. The van der Waals surface area contributed by atoms with Crippen LogP contribution in [0.25, 0.3) is 27.8 Å². The van der Waals surface area contributed by atoms with Crippen LogP contribution in [0.5, 0.6) is 23.1 Å². The summed E-state index contributed by atoms with van der Waals surface area (Å²) in [6.45, 7) is 2.83. The number of aromatic nitrogens is 4. The zero-order valence-electron chi connectivity index (χ0n) is 21.3. The first-order valence-electron chi connectivity index (χ1n) is 12.1. The van der Waals surface area contributed by atoms with Crippen molar-refractivity contribution in [3.05, 3.63) is 72.3 Å². The summed E-state index contributed by atoms with van der Waals surface area (Å²) < 4.78 is 24.0. The van der Waals surface area contributed by atoms with Gasteiger partial charge in [-0.1, -0.05) is 30.3 Å². The van der Waals surface area contributed by atoms with Gasteiger partial charge in [-0.05, 0) is 48.0 Å². The predicted molar refractivity (Wildman–Crippen MR) is 142 cm³/mol. The number of carbonyl (C=O) groups excluding carboxylic acids is 1. The molecule has 1 amide bonds. The van der Waals surface area contributed by atoms with Crippen LogP contribution < -0.4 is 24.3 Å². The van der Waals surface area contributed by atoms with Crippen LogP contribution in [0, 0.1) is 0 Å². The third kappa shape index (κ3) is 4.88. The number of hydrogen-bond donors (Lipinski definition) is 1. The highest BCUT2D eigenvalue weighted by Gasteiger charge is 2.18. The molecule has 5 rings (SSSR count). The normalized spacial score (nSPS) is 10.9. The molecular weight excluding hydrogens is 486 g/mol. The molecule has 38 heavy (non-hydrogen) atoms. The molecule has 0 radical (unpaired) electrons. The molecule has 0 atom stereocenters. The number of methoxy groups -OCH3 is 2. The summed E-state index contributed by atoms with van der Waals surface area (Å²) in [6.07, 6.45) is 0. The smallest absolute Gasteiger partial charge is 0.255 e. The molecule has 10 nitrogen and oxygen atoms in total. The molecule has 0 saturated carbocycles. The lowest BCUT2D eigenvalue weighted by atomic mass is 10.0. The zero-order valence-corrected chi connectivity index (χ0v) is 21.3. The number of fused-ring (bicyclic) bond motifs is 2. The van der Waals surface area contributed by atoms with Crippen LogP contribution in [0.15, 0.2) is 66.7 Å². The van der Waals surface area contributed by atoms with E-state index in [9.17, 15) is 4.79 Å². The molecule has 194 valence electrons. The summed E-state index contributed by atoms with van der Waals surface area (Å²) in [6, 6.07) is 20.4. The first-order valence-corrected chi connectivity index (χ1v) is 12.1. The second-order valence-corrected chi connectivity index (χ2v) is 8.23. The first-order chi connectivity index (χ1) is 18.6. The zero-order chi connectivity index (χ0) is 26.5. The van der Waals surface area contributed by atoms with Gasteiger partial charge < -0.3 is 24.3 Å². The van der Waals surface area contributed by atoms with Crippen molar-refractivity contribution < 1.29 is 23.7 Å². The molecule has 0 saturated heterocycles. The average Bonchev–Trinajstić information content (AvgIpc) is 3.38. The van der Waals surface area contributed by atoms with Crippen molar-refractivity contribution in [2.75, 3.05) is 34.0 Å². The number of carbonyl (C=O) groups is 1. The van der Waals surface area contributed by atoms with Gasteiger partial charge in [0.1, 0.15) is 23.9 Å². The Bertz CT molecular complexity index is 1600. The van der Waals surface area contributed by atoms with Gasteiger partial charge in [0.25, 0.3) is 5.91 Å². The van der Waals surface area contributed by atoms with Crippen molar-refractivity contribution in [2.45, 2.75) is 6.92 Å². The molecular formula is C28H27N5O5. The van der Waals surface area contributed by atoms with Crippen molar-refractivity contribution in [1.29, 1.82) is 0 Å². The number of ether oxygens (including phenoxy) is 4. The van der Waals surface area contributed by atoms with Crippen LogP contribution in [0.2, 0.25) is 0 Å². The highest BCUT2D eigenvalue weighted by Crippen LogP contribution is 2.32. The standard InChI is InChI=1S/C28H27N5O5/c1-4-37-23-11-9-18-7-5-6-8-20(18)26(23)28(34)29-15-16-38-25-14-13-24-30-31-27(33(24)32-25)21-17-19(35-2)10-12-22(21)36-3/h5-14,17H,4,15-16H2,1-3H3,(H,29,34). The molecule has 2 aromatic heterocycles. The minimum atomic E-state index is -0.233. The summed E-state index contributed by atoms with van der Waals surface area (Å²) in [5.74, 6) is 2.41. The third-order valence-corrected chi connectivity index (χ3v) is 5.94. The van der Waals surface area contributed by atoms with E-state index in [0.29, 0.717) is 52.3 Å². The Labute approximate surface area is 219 Å². The quantitative estimate of drug-likeness (QED) is 0.277. The monoisotopic (exact) mass is 513 g/mol. The Balaban J connectivity index is 1.31. The van der Waals surface area contributed by atoms with E-state index < -0.39 is 0 Å². The van der Waals surface area contributed by atoms with Crippen molar-refractivity contribution in [1.82, 2.24) is 25.1 Å². The van der Waals surface area contributed by atoms with E-state index in [0.717, 1.165) is 10.8 Å².